The maximum absolute atomic E-state index is 13.2. The summed E-state index contributed by atoms with van der Waals surface area (Å²) >= 11 is 1.67. The van der Waals surface area contributed by atoms with Crippen molar-refractivity contribution in [2.75, 3.05) is 32.0 Å². The summed E-state index contributed by atoms with van der Waals surface area (Å²) in [5.41, 5.74) is 4.08. The minimum absolute atomic E-state index is 0.181. The molecule has 31 heavy (non-hydrogen) atoms. The number of thiazole rings is 1. The molecule has 0 saturated carbocycles. The number of aromatic nitrogens is 1. The van der Waals surface area contributed by atoms with Crippen LogP contribution >= 0.6 is 11.3 Å². The molecular formula is C24H26FN5S. The van der Waals surface area contributed by atoms with Crippen molar-refractivity contribution in [3.63, 3.8) is 0 Å². The Morgan fingerprint density at radius 2 is 1.94 bits per heavy atom. The van der Waals surface area contributed by atoms with Crippen LogP contribution in [0.15, 0.2) is 53.5 Å². The van der Waals surface area contributed by atoms with Gasteiger partial charge >= 0.3 is 0 Å². The number of halogens is 1. The summed E-state index contributed by atoms with van der Waals surface area (Å²) in [6.07, 6.45) is 1.95. The molecule has 160 valence electrons. The summed E-state index contributed by atoms with van der Waals surface area (Å²) < 4.78 is 13.2. The maximum Gasteiger partial charge on any atom is 0.158 e. The number of likely N-dealkylation sites (N-methyl/N-ethyl adjacent to an activating group) is 1. The Morgan fingerprint density at radius 3 is 2.77 bits per heavy atom. The lowest BCUT2D eigenvalue weighted by Crippen LogP contribution is -2.53. The predicted octanol–water partition coefficient (Wildman–Crippen LogP) is 4.97. The highest BCUT2D eigenvalue weighted by atomic mass is 32.1. The molecule has 1 fully saturated rings. The second kappa shape index (κ2) is 8.40. The first-order valence-electron chi connectivity index (χ1n) is 10.7. The van der Waals surface area contributed by atoms with Crippen LogP contribution in [-0.2, 0) is 6.42 Å². The molecule has 2 aliphatic rings. The lowest BCUT2D eigenvalue weighted by atomic mass is 10.0. The molecule has 1 N–H and O–H groups in total. The van der Waals surface area contributed by atoms with Crippen LogP contribution in [0.4, 0.5) is 20.8 Å². The monoisotopic (exact) mass is 435 g/mol. The van der Waals surface area contributed by atoms with Gasteiger partial charge in [-0.1, -0.05) is 24.3 Å². The van der Waals surface area contributed by atoms with Gasteiger partial charge in [0.05, 0.1) is 16.4 Å². The molecule has 0 radical (unpaired) electrons. The number of hydrogen-bond donors (Lipinski definition) is 1. The van der Waals surface area contributed by atoms with Crippen LogP contribution in [0.3, 0.4) is 0 Å². The third kappa shape index (κ3) is 4.20. The van der Waals surface area contributed by atoms with Gasteiger partial charge in [0.15, 0.2) is 5.84 Å². The normalized spacial score (nSPS) is 18.6. The standard InChI is InChI=1S/C24H26FN5S/c1-16-26-22-23(27-20-5-3-4-6-21(20)28-24(22)31-16)30-14-13-29(2)19(15-30)12-9-17-7-10-18(25)11-8-17/h3-8,10-11,19,28H,9,12-15H2,1-2H3/t19-/m0/s1. The molecule has 5 rings (SSSR count). The SMILES string of the molecule is Cc1nc2c(s1)Nc1ccccc1N=C2N1CCN(C)[C@@H](CCc2ccc(F)cc2)C1. The predicted molar refractivity (Wildman–Crippen MR) is 125 cm³/mol. The molecule has 0 aliphatic carbocycles. The van der Waals surface area contributed by atoms with E-state index in [1.807, 2.05) is 37.3 Å². The van der Waals surface area contributed by atoms with Gasteiger partial charge in [-0.2, -0.15) is 0 Å². The van der Waals surface area contributed by atoms with Crippen LogP contribution in [-0.4, -0.2) is 53.3 Å². The molecule has 7 heteroatoms. The highest BCUT2D eigenvalue weighted by Gasteiger charge is 2.30. The second-order valence-electron chi connectivity index (χ2n) is 8.23. The average molecular weight is 436 g/mol. The molecule has 1 aromatic heterocycles. The van der Waals surface area contributed by atoms with Crippen LogP contribution < -0.4 is 5.32 Å². The van der Waals surface area contributed by atoms with Crippen LogP contribution in [0.5, 0.6) is 0 Å². The van der Waals surface area contributed by atoms with E-state index in [0.29, 0.717) is 6.04 Å². The minimum Gasteiger partial charge on any atom is -0.352 e. The topological polar surface area (TPSA) is 43.8 Å². The fraction of sp³-hybridized carbons (Fsp3) is 0.333. The Bertz CT molecular complexity index is 1110. The first kappa shape index (κ1) is 20.2. The molecule has 0 amide bonds. The largest absolute Gasteiger partial charge is 0.352 e. The van der Waals surface area contributed by atoms with Gasteiger partial charge in [0.2, 0.25) is 0 Å². The number of nitrogens with zero attached hydrogens (tertiary/aromatic N) is 4. The molecule has 0 unspecified atom stereocenters. The van der Waals surface area contributed by atoms with Crippen molar-refractivity contribution in [3.05, 3.63) is 70.6 Å². The number of nitrogens with one attached hydrogen (secondary N) is 1. The molecule has 5 nitrogen and oxygen atoms in total. The maximum atomic E-state index is 13.2. The number of aryl methyl sites for hydroxylation is 2. The van der Waals surface area contributed by atoms with Crippen molar-refractivity contribution >= 4 is 33.5 Å². The second-order valence-corrected chi connectivity index (χ2v) is 9.44. The molecule has 1 atom stereocenters. The van der Waals surface area contributed by atoms with E-state index in [2.05, 4.69) is 28.2 Å². The zero-order valence-electron chi connectivity index (χ0n) is 17.8. The number of amidine groups is 1. The van der Waals surface area contributed by atoms with E-state index in [4.69, 9.17) is 9.98 Å². The number of fused-ring (bicyclic) bond motifs is 2. The van der Waals surface area contributed by atoms with Crippen LogP contribution in [0.25, 0.3) is 0 Å². The van der Waals surface area contributed by atoms with Gasteiger partial charge in [0.1, 0.15) is 16.5 Å². The lowest BCUT2D eigenvalue weighted by Gasteiger charge is -2.40. The number of anilines is 2. The Morgan fingerprint density at radius 1 is 1.13 bits per heavy atom. The van der Waals surface area contributed by atoms with Gasteiger partial charge in [-0.3, -0.25) is 4.90 Å². The third-order valence-electron chi connectivity index (χ3n) is 6.08. The summed E-state index contributed by atoms with van der Waals surface area (Å²) in [5, 5.41) is 5.63. The zero-order valence-corrected chi connectivity index (χ0v) is 18.6. The quantitative estimate of drug-likeness (QED) is 0.631. The zero-order chi connectivity index (χ0) is 21.4. The van der Waals surface area contributed by atoms with Gasteiger partial charge in [0.25, 0.3) is 0 Å². The van der Waals surface area contributed by atoms with E-state index in [9.17, 15) is 4.39 Å². The van der Waals surface area contributed by atoms with Crippen molar-refractivity contribution in [1.82, 2.24) is 14.8 Å². The smallest absolute Gasteiger partial charge is 0.158 e. The summed E-state index contributed by atoms with van der Waals surface area (Å²) in [6, 6.07) is 15.4. The first-order chi connectivity index (χ1) is 15.1. The fourth-order valence-corrected chi connectivity index (χ4v) is 5.11. The van der Waals surface area contributed by atoms with Crippen molar-refractivity contribution in [3.8, 4) is 0 Å². The number of rotatable bonds is 3. The lowest BCUT2D eigenvalue weighted by molar-refractivity contribution is 0.134. The summed E-state index contributed by atoms with van der Waals surface area (Å²) in [7, 11) is 2.19. The number of para-hydroxylation sites is 2. The van der Waals surface area contributed by atoms with Crippen LogP contribution in [0, 0.1) is 12.7 Å². The molecule has 2 aromatic carbocycles. The summed E-state index contributed by atoms with van der Waals surface area (Å²) in [6.45, 7) is 4.83. The molecular weight excluding hydrogens is 409 g/mol. The van der Waals surface area contributed by atoms with Gasteiger partial charge < -0.3 is 10.2 Å². The van der Waals surface area contributed by atoms with Crippen molar-refractivity contribution in [2.24, 2.45) is 4.99 Å². The number of benzene rings is 2. The van der Waals surface area contributed by atoms with Gasteiger partial charge in [-0.05, 0) is 56.6 Å². The van der Waals surface area contributed by atoms with Gasteiger partial charge in [-0.15, -0.1) is 11.3 Å². The highest BCUT2D eigenvalue weighted by Crippen LogP contribution is 2.37. The Hall–Kier alpha value is -2.77. The Balaban J connectivity index is 1.40. The summed E-state index contributed by atoms with van der Waals surface area (Å²) in [4.78, 5) is 14.7. The van der Waals surface area contributed by atoms with Gasteiger partial charge in [-0.25, -0.2) is 14.4 Å². The molecule has 2 aliphatic heterocycles. The van der Waals surface area contributed by atoms with Crippen LogP contribution in [0.1, 0.15) is 22.7 Å². The average Bonchev–Trinajstić information content (AvgIpc) is 3.06. The molecule has 3 aromatic rings. The van der Waals surface area contributed by atoms with Crippen molar-refractivity contribution < 1.29 is 4.39 Å². The Labute approximate surface area is 186 Å². The number of aliphatic imine (C=N–C) groups is 1. The van der Waals surface area contributed by atoms with Crippen LogP contribution in [0.2, 0.25) is 0 Å². The van der Waals surface area contributed by atoms with E-state index in [1.165, 1.54) is 5.56 Å². The van der Waals surface area contributed by atoms with E-state index >= 15 is 0 Å². The van der Waals surface area contributed by atoms with Gasteiger partial charge in [0, 0.05) is 25.7 Å². The van der Waals surface area contributed by atoms with Crippen molar-refractivity contribution in [2.45, 2.75) is 25.8 Å². The van der Waals surface area contributed by atoms with E-state index in [-0.39, 0.29) is 5.82 Å². The molecule has 0 spiro atoms. The molecule has 0 bridgehead atoms. The van der Waals surface area contributed by atoms with E-state index < -0.39 is 0 Å². The Kier molecular flexibility index (Phi) is 5.46. The molecule has 1 saturated heterocycles. The van der Waals surface area contributed by atoms with E-state index in [1.54, 1.807) is 23.5 Å². The minimum atomic E-state index is -0.181. The number of hydrogen-bond acceptors (Lipinski definition) is 6. The highest BCUT2D eigenvalue weighted by molar-refractivity contribution is 7.16. The first-order valence-corrected chi connectivity index (χ1v) is 11.5. The third-order valence-corrected chi connectivity index (χ3v) is 6.97. The fourth-order valence-electron chi connectivity index (χ4n) is 4.28. The van der Waals surface area contributed by atoms with Crippen molar-refractivity contribution in [1.29, 1.82) is 0 Å². The summed E-state index contributed by atoms with van der Waals surface area (Å²) in [5.74, 6) is 0.774. The molecule has 3 heterocycles. The van der Waals surface area contributed by atoms with E-state index in [0.717, 1.165) is 65.4 Å². The number of piperazine rings is 1.